The molecular weight excluding hydrogens is 244 g/mol. The van der Waals surface area contributed by atoms with E-state index in [1.54, 1.807) is 12.4 Å². The molecule has 98 valence electrons. The molecule has 0 atom stereocenters. The second-order valence-corrected chi connectivity index (χ2v) is 4.93. The Bertz CT molecular complexity index is 363. The average molecular weight is 264 g/mol. The molecule has 18 heavy (non-hydrogen) atoms. The van der Waals surface area contributed by atoms with Crippen molar-refractivity contribution in [1.82, 2.24) is 15.2 Å². The first-order valence-corrected chi connectivity index (χ1v) is 6.93. The van der Waals surface area contributed by atoms with E-state index in [2.05, 4.69) is 20.5 Å². The zero-order chi connectivity index (χ0) is 12.6. The van der Waals surface area contributed by atoms with Crippen LogP contribution in [0.2, 0.25) is 0 Å². The fourth-order valence-electron chi connectivity index (χ4n) is 2.12. The maximum atomic E-state index is 5.22. The summed E-state index contributed by atoms with van der Waals surface area (Å²) < 4.78 is 0. The molecule has 2 N–H and O–H groups in total. The Labute approximate surface area is 114 Å². The van der Waals surface area contributed by atoms with Crippen LogP contribution in [0.1, 0.15) is 19.3 Å². The summed E-state index contributed by atoms with van der Waals surface area (Å²) in [5.41, 5.74) is 0.926. The second kappa shape index (κ2) is 7.28. The number of likely N-dealkylation sites (tertiary alicyclic amines) is 1. The van der Waals surface area contributed by atoms with Crippen molar-refractivity contribution in [3.05, 3.63) is 24.5 Å². The third-order valence-electron chi connectivity index (χ3n) is 3.05. The van der Waals surface area contributed by atoms with Gasteiger partial charge in [-0.1, -0.05) is 0 Å². The molecule has 1 aliphatic rings. The van der Waals surface area contributed by atoms with E-state index in [1.807, 2.05) is 12.1 Å². The van der Waals surface area contributed by atoms with Crippen LogP contribution in [-0.4, -0.2) is 41.2 Å². The van der Waals surface area contributed by atoms with Crippen molar-refractivity contribution in [2.45, 2.75) is 19.3 Å². The van der Waals surface area contributed by atoms with Crippen LogP contribution in [0.4, 0.5) is 5.69 Å². The van der Waals surface area contributed by atoms with E-state index >= 15 is 0 Å². The van der Waals surface area contributed by atoms with Crippen LogP contribution in [0.3, 0.4) is 0 Å². The minimum Gasteiger partial charge on any atom is -0.362 e. The highest BCUT2D eigenvalue weighted by Crippen LogP contribution is 2.07. The van der Waals surface area contributed by atoms with Gasteiger partial charge in [0, 0.05) is 12.7 Å². The van der Waals surface area contributed by atoms with E-state index < -0.39 is 0 Å². The Hall–Kier alpha value is -1.20. The molecule has 5 heteroatoms. The van der Waals surface area contributed by atoms with E-state index in [0.717, 1.165) is 18.7 Å². The number of thiocarbonyl (C=S) groups is 1. The summed E-state index contributed by atoms with van der Waals surface area (Å²) in [6.07, 6.45) is 7.35. The summed E-state index contributed by atoms with van der Waals surface area (Å²) >= 11 is 5.22. The number of aromatic nitrogens is 1. The average Bonchev–Trinajstić information content (AvgIpc) is 2.89. The van der Waals surface area contributed by atoms with Crippen molar-refractivity contribution in [1.29, 1.82) is 0 Å². The Morgan fingerprint density at radius 1 is 1.39 bits per heavy atom. The molecule has 0 unspecified atom stereocenters. The van der Waals surface area contributed by atoms with Crippen LogP contribution in [0.25, 0.3) is 0 Å². The molecule has 0 spiro atoms. The van der Waals surface area contributed by atoms with Gasteiger partial charge in [0.05, 0.1) is 11.9 Å². The Kier molecular flexibility index (Phi) is 5.36. The number of nitrogens with zero attached hydrogens (tertiary/aromatic N) is 2. The number of rotatable bonds is 5. The van der Waals surface area contributed by atoms with Gasteiger partial charge in [0.15, 0.2) is 5.11 Å². The highest BCUT2D eigenvalue weighted by molar-refractivity contribution is 7.80. The fourth-order valence-corrected chi connectivity index (χ4v) is 2.34. The summed E-state index contributed by atoms with van der Waals surface area (Å²) in [4.78, 5) is 6.54. The first kappa shape index (κ1) is 13.2. The molecular formula is C13H20N4S. The molecule has 2 heterocycles. The third-order valence-corrected chi connectivity index (χ3v) is 3.30. The van der Waals surface area contributed by atoms with Gasteiger partial charge in [-0.25, -0.2) is 0 Å². The number of anilines is 1. The van der Waals surface area contributed by atoms with Gasteiger partial charge in [-0.3, -0.25) is 4.98 Å². The molecule has 0 amide bonds. The molecule has 0 aliphatic carbocycles. The number of nitrogens with one attached hydrogen (secondary N) is 2. The summed E-state index contributed by atoms with van der Waals surface area (Å²) in [6.45, 7) is 4.61. The summed E-state index contributed by atoms with van der Waals surface area (Å²) in [5, 5.41) is 7.01. The van der Waals surface area contributed by atoms with Crippen molar-refractivity contribution in [2.75, 3.05) is 31.5 Å². The zero-order valence-corrected chi connectivity index (χ0v) is 11.4. The van der Waals surface area contributed by atoms with E-state index in [1.165, 1.54) is 32.5 Å². The van der Waals surface area contributed by atoms with E-state index in [-0.39, 0.29) is 0 Å². The first-order valence-electron chi connectivity index (χ1n) is 6.52. The van der Waals surface area contributed by atoms with Gasteiger partial charge in [0.1, 0.15) is 0 Å². The molecule has 1 saturated heterocycles. The maximum absolute atomic E-state index is 5.22. The molecule has 1 fully saturated rings. The predicted octanol–water partition coefficient (Wildman–Crippen LogP) is 1.85. The molecule has 0 radical (unpaired) electrons. The molecule has 0 saturated carbocycles. The maximum Gasteiger partial charge on any atom is 0.170 e. The van der Waals surface area contributed by atoms with Gasteiger partial charge in [0.2, 0.25) is 0 Å². The van der Waals surface area contributed by atoms with Crippen molar-refractivity contribution in [3.63, 3.8) is 0 Å². The zero-order valence-electron chi connectivity index (χ0n) is 10.6. The van der Waals surface area contributed by atoms with Crippen LogP contribution >= 0.6 is 12.2 Å². The van der Waals surface area contributed by atoms with Gasteiger partial charge in [-0.2, -0.15) is 0 Å². The Morgan fingerprint density at radius 3 is 2.94 bits per heavy atom. The Morgan fingerprint density at radius 2 is 2.22 bits per heavy atom. The minimum absolute atomic E-state index is 0.671. The fraction of sp³-hybridized carbons (Fsp3) is 0.538. The molecule has 0 aromatic carbocycles. The lowest BCUT2D eigenvalue weighted by Crippen LogP contribution is -2.31. The highest BCUT2D eigenvalue weighted by Gasteiger charge is 2.10. The van der Waals surface area contributed by atoms with Gasteiger partial charge in [-0.05, 0) is 63.2 Å². The molecule has 4 nitrogen and oxygen atoms in total. The standard InChI is InChI=1S/C13H20N4S/c18-13(16-12-5-3-6-14-11-12)15-7-4-10-17-8-1-2-9-17/h3,5-6,11H,1-2,4,7-10H2,(H2,15,16,18). The lowest BCUT2D eigenvalue weighted by Gasteiger charge is -2.15. The molecule has 1 aromatic rings. The highest BCUT2D eigenvalue weighted by atomic mass is 32.1. The van der Waals surface area contributed by atoms with Gasteiger partial charge in [0.25, 0.3) is 0 Å². The largest absolute Gasteiger partial charge is 0.362 e. The van der Waals surface area contributed by atoms with Crippen molar-refractivity contribution >= 4 is 23.0 Å². The quantitative estimate of drug-likeness (QED) is 0.627. The second-order valence-electron chi connectivity index (χ2n) is 4.52. The first-order chi connectivity index (χ1) is 8.84. The van der Waals surface area contributed by atoms with E-state index in [4.69, 9.17) is 12.2 Å². The SMILES string of the molecule is S=C(NCCCN1CCCC1)Nc1cccnc1. The smallest absolute Gasteiger partial charge is 0.170 e. The van der Waals surface area contributed by atoms with E-state index in [9.17, 15) is 0 Å². The van der Waals surface area contributed by atoms with Crippen molar-refractivity contribution in [2.24, 2.45) is 0 Å². The van der Waals surface area contributed by atoms with Gasteiger partial charge >= 0.3 is 0 Å². The minimum atomic E-state index is 0.671. The molecule has 1 aromatic heterocycles. The van der Waals surface area contributed by atoms with Crippen molar-refractivity contribution < 1.29 is 0 Å². The molecule has 0 bridgehead atoms. The van der Waals surface area contributed by atoms with Crippen LogP contribution in [0.5, 0.6) is 0 Å². The number of hydrogen-bond donors (Lipinski definition) is 2. The van der Waals surface area contributed by atoms with Crippen LogP contribution in [0, 0.1) is 0 Å². The number of pyridine rings is 1. The van der Waals surface area contributed by atoms with E-state index in [0.29, 0.717) is 5.11 Å². The third kappa shape index (κ3) is 4.58. The Balaban J connectivity index is 1.57. The normalized spacial score (nSPS) is 15.6. The molecule has 2 rings (SSSR count). The van der Waals surface area contributed by atoms with Crippen molar-refractivity contribution in [3.8, 4) is 0 Å². The topological polar surface area (TPSA) is 40.2 Å². The number of hydrogen-bond acceptors (Lipinski definition) is 3. The summed E-state index contributed by atoms with van der Waals surface area (Å²) in [6, 6.07) is 3.84. The van der Waals surface area contributed by atoms with Crippen LogP contribution in [0.15, 0.2) is 24.5 Å². The lowest BCUT2D eigenvalue weighted by atomic mass is 10.4. The predicted molar refractivity (Wildman–Crippen MR) is 78.8 cm³/mol. The lowest BCUT2D eigenvalue weighted by molar-refractivity contribution is 0.334. The molecule has 1 aliphatic heterocycles. The summed E-state index contributed by atoms with van der Waals surface area (Å²) in [7, 11) is 0. The monoisotopic (exact) mass is 264 g/mol. The van der Waals surface area contributed by atoms with Crippen LogP contribution in [-0.2, 0) is 0 Å². The van der Waals surface area contributed by atoms with Gasteiger partial charge in [-0.15, -0.1) is 0 Å². The van der Waals surface area contributed by atoms with Gasteiger partial charge < -0.3 is 15.5 Å². The van der Waals surface area contributed by atoms with Crippen LogP contribution < -0.4 is 10.6 Å². The summed E-state index contributed by atoms with van der Waals surface area (Å²) in [5.74, 6) is 0.